The van der Waals surface area contributed by atoms with Gasteiger partial charge in [0, 0.05) is 12.5 Å². The molecule has 0 radical (unpaired) electrons. The molecule has 6 nitrogen and oxygen atoms in total. The number of ether oxygens (including phenoxy) is 1. The Labute approximate surface area is 123 Å². The zero-order valence-electron chi connectivity index (χ0n) is 12.6. The molecule has 0 saturated carbocycles. The first-order valence-electron chi connectivity index (χ1n) is 6.83. The Kier molecular flexibility index (Phi) is 4.57. The Hall–Kier alpha value is -2.37. The highest BCUT2D eigenvalue weighted by Crippen LogP contribution is 2.15. The number of aromatic nitrogens is 2. The lowest BCUT2D eigenvalue weighted by Crippen LogP contribution is -2.26. The van der Waals surface area contributed by atoms with Crippen LogP contribution in [0.5, 0.6) is 5.75 Å². The lowest BCUT2D eigenvalue weighted by Gasteiger charge is -2.12. The molecule has 2 rings (SSSR count). The summed E-state index contributed by atoms with van der Waals surface area (Å²) in [7, 11) is 0. The molecule has 2 aromatic rings. The zero-order valence-corrected chi connectivity index (χ0v) is 12.6. The molecule has 0 bridgehead atoms. The molecule has 112 valence electrons. The molecule has 0 saturated heterocycles. The van der Waals surface area contributed by atoms with Gasteiger partial charge in [-0.2, -0.15) is 0 Å². The quantitative estimate of drug-likeness (QED) is 0.915. The number of amides is 1. The number of carbonyl (C=O) groups is 1. The van der Waals surface area contributed by atoms with E-state index in [1.54, 1.807) is 38.1 Å². The van der Waals surface area contributed by atoms with E-state index in [4.69, 9.17) is 9.15 Å². The van der Waals surface area contributed by atoms with Crippen LogP contribution in [0.15, 0.2) is 28.7 Å². The number of nitrogens with one attached hydrogen (secondary N) is 1. The summed E-state index contributed by atoms with van der Waals surface area (Å²) in [6.07, 6.45) is 0.102. The van der Waals surface area contributed by atoms with Crippen molar-refractivity contribution in [3.63, 3.8) is 0 Å². The third-order valence-electron chi connectivity index (χ3n) is 2.75. The molecule has 1 aromatic heterocycles. The Bertz CT molecular complexity index is 605. The molecule has 0 aliphatic heterocycles. The van der Waals surface area contributed by atoms with Gasteiger partial charge in [-0.25, -0.2) is 0 Å². The normalized spacial score (nSPS) is 12.2. The fourth-order valence-electron chi connectivity index (χ4n) is 1.79. The Balaban J connectivity index is 1.99. The van der Waals surface area contributed by atoms with Gasteiger partial charge in [0.05, 0.1) is 6.10 Å². The number of hydrogen-bond donors (Lipinski definition) is 1. The van der Waals surface area contributed by atoms with Crippen LogP contribution in [-0.4, -0.2) is 22.2 Å². The van der Waals surface area contributed by atoms with Crippen molar-refractivity contribution in [3.8, 4) is 5.75 Å². The van der Waals surface area contributed by atoms with Crippen LogP contribution in [0.4, 0.5) is 0 Å². The zero-order chi connectivity index (χ0) is 15.4. The average Bonchev–Trinajstić information content (AvgIpc) is 2.85. The fourth-order valence-corrected chi connectivity index (χ4v) is 1.79. The summed E-state index contributed by atoms with van der Waals surface area (Å²) < 4.78 is 10.8. The summed E-state index contributed by atoms with van der Waals surface area (Å²) in [5, 5.41) is 10.4. The van der Waals surface area contributed by atoms with Gasteiger partial charge in [-0.3, -0.25) is 4.79 Å². The van der Waals surface area contributed by atoms with Crippen LogP contribution in [0.1, 0.15) is 49.0 Å². The van der Waals surface area contributed by atoms with E-state index in [2.05, 4.69) is 15.5 Å². The molecule has 1 aromatic carbocycles. The van der Waals surface area contributed by atoms with E-state index >= 15 is 0 Å². The van der Waals surface area contributed by atoms with Crippen LogP contribution in [0.3, 0.4) is 0 Å². The van der Waals surface area contributed by atoms with E-state index in [1.165, 1.54) is 0 Å². The summed E-state index contributed by atoms with van der Waals surface area (Å²) in [4.78, 5) is 12.1. The molecule has 1 amide bonds. The van der Waals surface area contributed by atoms with Crippen LogP contribution in [0.25, 0.3) is 0 Å². The SMILES string of the molecule is Cc1nnc([C@@H](C)NC(=O)c2ccc(OC(C)C)cc2)o1. The van der Waals surface area contributed by atoms with Gasteiger partial charge in [0.2, 0.25) is 11.8 Å². The second kappa shape index (κ2) is 6.39. The first-order valence-corrected chi connectivity index (χ1v) is 6.83. The van der Waals surface area contributed by atoms with E-state index in [0.29, 0.717) is 17.3 Å². The van der Waals surface area contributed by atoms with Crippen molar-refractivity contribution >= 4 is 5.91 Å². The van der Waals surface area contributed by atoms with Crippen molar-refractivity contribution in [1.82, 2.24) is 15.5 Å². The molecule has 6 heteroatoms. The second-order valence-electron chi connectivity index (χ2n) is 5.05. The van der Waals surface area contributed by atoms with Gasteiger partial charge in [-0.05, 0) is 45.0 Å². The highest BCUT2D eigenvalue weighted by molar-refractivity contribution is 5.94. The van der Waals surface area contributed by atoms with Gasteiger partial charge < -0.3 is 14.5 Å². The van der Waals surface area contributed by atoms with Crippen molar-refractivity contribution in [3.05, 3.63) is 41.6 Å². The molecule has 1 N–H and O–H groups in total. The topological polar surface area (TPSA) is 77.2 Å². The molecule has 0 aliphatic rings. The summed E-state index contributed by atoms with van der Waals surface area (Å²) >= 11 is 0. The Morgan fingerprint density at radius 2 is 1.86 bits per heavy atom. The van der Waals surface area contributed by atoms with Crippen LogP contribution in [-0.2, 0) is 0 Å². The molecular formula is C15H19N3O3. The molecule has 0 aliphatic carbocycles. The molecule has 21 heavy (non-hydrogen) atoms. The first-order chi connectivity index (χ1) is 9.95. The Morgan fingerprint density at radius 1 is 1.19 bits per heavy atom. The predicted molar refractivity (Wildman–Crippen MR) is 77.1 cm³/mol. The maximum atomic E-state index is 12.1. The highest BCUT2D eigenvalue weighted by atomic mass is 16.5. The summed E-state index contributed by atoms with van der Waals surface area (Å²) in [6, 6.07) is 6.65. The number of carbonyl (C=O) groups excluding carboxylic acids is 1. The lowest BCUT2D eigenvalue weighted by molar-refractivity contribution is 0.0934. The minimum Gasteiger partial charge on any atom is -0.491 e. The van der Waals surface area contributed by atoms with Gasteiger partial charge in [0.1, 0.15) is 11.8 Å². The second-order valence-corrected chi connectivity index (χ2v) is 5.05. The largest absolute Gasteiger partial charge is 0.491 e. The predicted octanol–water partition coefficient (Wildman–Crippen LogP) is 2.66. The van der Waals surface area contributed by atoms with E-state index in [9.17, 15) is 4.79 Å². The third-order valence-corrected chi connectivity index (χ3v) is 2.75. The minimum absolute atomic E-state index is 0.102. The molecule has 0 fully saturated rings. The van der Waals surface area contributed by atoms with E-state index in [0.717, 1.165) is 5.75 Å². The number of hydrogen-bond acceptors (Lipinski definition) is 5. The van der Waals surface area contributed by atoms with E-state index in [-0.39, 0.29) is 18.1 Å². The van der Waals surface area contributed by atoms with E-state index < -0.39 is 0 Å². The van der Waals surface area contributed by atoms with Crippen molar-refractivity contribution in [2.24, 2.45) is 0 Å². The van der Waals surface area contributed by atoms with Gasteiger partial charge in [0.25, 0.3) is 5.91 Å². The van der Waals surface area contributed by atoms with Crippen LogP contribution >= 0.6 is 0 Å². The first kappa shape index (κ1) is 15.0. The highest BCUT2D eigenvalue weighted by Gasteiger charge is 2.16. The maximum absolute atomic E-state index is 12.1. The minimum atomic E-state index is -0.342. The fraction of sp³-hybridized carbons (Fsp3) is 0.400. The monoisotopic (exact) mass is 289 g/mol. The Morgan fingerprint density at radius 3 is 2.38 bits per heavy atom. The van der Waals surface area contributed by atoms with Crippen molar-refractivity contribution < 1.29 is 13.9 Å². The van der Waals surface area contributed by atoms with Crippen molar-refractivity contribution in [1.29, 1.82) is 0 Å². The van der Waals surface area contributed by atoms with Gasteiger partial charge in [-0.15, -0.1) is 10.2 Å². The van der Waals surface area contributed by atoms with Crippen molar-refractivity contribution in [2.75, 3.05) is 0 Å². The molecule has 0 unspecified atom stereocenters. The van der Waals surface area contributed by atoms with E-state index in [1.807, 2.05) is 13.8 Å². The third kappa shape index (κ3) is 4.05. The number of aryl methyl sites for hydroxylation is 1. The average molecular weight is 289 g/mol. The number of rotatable bonds is 5. The van der Waals surface area contributed by atoms with Gasteiger partial charge in [-0.1, -0.05) is 0 Å². The number of benzene rings is 1. The summed E-state index contributed by atoms with van der Waals surface area (Å²) in [5.41, 5.74) is 0.550. The van der Waals surface area contributed by atoms with Crippen LogP contribution in [0.2, 0.25) is 0 Å². The smallest absolute Gasteiger partial charge is 0.251 e. The van der Waals surface area contributed by atoms with Crippen LogP contribution < -0.4 is 10.1 Å². The lowest BCUT2D eigenvalue weighted by atomic mass is 10.2. The summed E-state index contributed by atoms with van der Waals surface area (Å²) in [5.74, 6) is 1.40. The van der Waals surface area contributed by atoms with Crippen LogP contribution in [0, 0.1) is 6.92 Å². The number of nitrogens with zero attached hydrogens (tertiary/aromatic N) is 2. The molecule has 1 heterocycles. The molecule has 0 spiro atoms. The summed E-state index contributed by atoms with van der Waals surface area (Å²) in [6.45, 7) is 7.41. The maximum Gasteiger partial charge on any atom is 0.251 e. The molecule has 1 atom stereocenters. The van der Waals surface area contributed by atoms with Gasteiger partial charge >= 0.3 is 0 Å². The molecular weight excluding hydrogens is 270 g/mol. The standard InChI is InChI=1S/C15H19N3O3/c1-9(2)20-13-7-5-12(6-8-13)14(19)16-10(3)15-18-17-11(4)21-15/h5-10H,1-4H3,(H,16,19)/t10-/m1/s1. The van der Waals surface area contributed by atoms with Crippen molar-refractivity contribution in [2.45, 2.75) is 39.8 Å². The van der Waals surface area contributed by atoms with Gasteiger partial charge in [0.15, 0.2) is 0 Å².